The summed E-state index contributed by atoms with van der Waals surface area (Å²) in [6.07, 6.45) is 2.30. The molecule has 1 amide bonds. The number of rotatable bonds is 9. The van der Waals surface area contributed by atoms with Crippen molar-refractivity contribution in [2.75, 3.05) is 33.4 Å². The molecule has 3 N–H and O–H groups in total. The van der Waals surface area contributed by atoms with Gasteiger partial charge in [0, 0.05) is 19.1 Å². The minimum Gasteiger partial charge on any atom is -0.493 e. The van der Waals surface area contributed by atoms with Crippen molar-refractivity contribution in [2.24, 2.45) is 11.7 Å². The Morgan fingerprint density at radius 2 is 2.08 bits per heavy atom. The van der Waals surface area contributed by atoms with E-state index in [1.54, 1.807) is 7.11 Å². The van der Waals surface area contributed by atoms with Crippen LogP contribution in [-0.2, 0) is 11.3 Å². The van der Waals surface area contributed by atoms with E-state index in [0.29, 0.717) is 35.0 Å². The molecule has 0 saturated carbocycles. The second kappa shape index (κ2) is 10.00. The Balaban J connectivity index is 1.90. The first kappa shape index (κ1) is 20.8. The van der Waals surface area contributed by atoms with Gasteiger partial charge in [-0.25, -0.2) is 0 Å². The van der Waals surface area contributed by atoms with Crippen molar-refractivity contribution < 1.29 is 14.3 Å². The highest BCUT2D eigenvalue weighted by atomic mass is 35.5. The number of primary amides is 1. The van der Waals surface area contributed by atoms with Crippen LogP contribution in [0.5, 0.6) is 11.5 Å². The summed E-state index contributed by atoms with van der Waals surface area (Å²) in [6.45, 7) is 8.45. The molecule has 7 heteroatoms. The zero-order valence-corrected chi connectivity index (χ0v) is 16.6. The third-order valence-electron chi connectivity index (χ3n) is 4.45. The number of hydrogen-bond acceptors (Lipinski definition) is 5. The predicted molar refractivity (Wildman–Crippen MR) is 104 cm³/mol. The van der Waals surface area contributed by atoms with Crippen molar-refractivity contribution >= 4 is 17.5 Å². The van der Waals surface area contributed by atoms with E-state index < -0.39 is 5.91 Å². The maximum absolute atomic E-state index is 10.9. The lowest BCUT2D eigenvalue weighted by Crippen LogP contribution is -2.43. The molecule has 1 saturated heterocycles. The number of carbonyl (C=O) groups is 1. The van der Waals surface area contributed by atoms with E-state index in [-0.39, 0.29) is 6.61 Å². The number of nitrogens with two attached hydrogens (primary N) is 1. The van der Waals surface area contributed by atoms with Crippen molar-refractivity contribution in [3.05, 3.63) is 22.7 Å². The van der Waals surface area contributed by atoms with Gasteiger partial charge in [0.2, 0.25) is 0 Å². The van der Waals surface area contributed by atoms with Crippen LogP contribution in [0.3, 0.4) is 0 Å². The number of piperidine rings is 1. The Morgan fingerprint density at radius 3 is 2.65 bits per heavy atom. The van der Waals surface area contributed by atoms with E-state index in [1.165, 1.54) is 6.54 Å². The molecule has 0 unspecified atom stereocenters. The lowest BCUT2D eigenvalue weighted by atomic mass is 10.0. The number of nitrogens with zero attached hydrogens (tertiary/aromatic N) is 1. The van der Waals surface area contributed by atoms with Gasteiger partial charge in [0.25, 0.3) is 5.91 Å². The highest BCUT2D eigenvalue weighted by molar-refractivity contribution is 6.32. The first-order valence-corrected chi connectivity index (χ1v) is 9.50. The average Bonchev–Trinajstić information content (AvgIpc) is 2.59. The topological polar surface area (TPSA) is 76.8 Å². The minimum atomic E-state index is -0.558. The fourth-order valence-corrected chi connectivity index (χ4v) is 3.54. The lowest BCUT2D eigenvalue weighted by Gasteiger charge is -2.33. The molecule has 6 nitrogen and oxygen atoms in total. The summed E-state index contributed by atoms with van der Waals surface area (Å²) in [7, 11) is 1.55. The quantitative estimate of drug-likeness (QED) is 0.684. The van der Waals surface area contributed by atoms with Crippen molar-refractivity contribution in [3.8, 4) is 11.5 Å². The number of amides is 1. The van der Waals surface area contributed by atoms with E-state index >= 15 is 0 Å². The van der Waals surface area contributed by atoms with Crippen LogP contribution in [0.25, 0.3) is 0 Å². The molecule has 0 spiro atoms. The summed E-state index contributed by atoms with van der Waals surface area (Å²) in [4.78, 5) is 13.4. The maximum Gasteiger partial charge on any atom is 0.255 e. The molecule has 1 aliphatic rings. The van der Waals surface area contributed by atoms with Crippen LogP contribution in [0.15, 0.2) is 12.1 Å². The van der Waals surface area contributed by atoms with E-state index in [2.05, 4.69) is 24.1 Å². The molecule has 0 radical (unpaired) electrons. The van der Waals surface area contributed by atoms with Gasteiger partial charge < -0.3 is 25.4 Å². The van der Waals surface area contributed by atoms with Crippen LogP contribution in [0.2, 0.25) is 5.02 Å². The summed E-state index contributed by atoms with van der Waals surface area (Å²) in [5.74, 6) is 1.00. The van der Waals surface area contributed by atoms with E-state index in [9.17, 15) is 4.79 Å². The maximum atomic E-state index is 10.9. The summed E-state index contributed by atoms with van der Waals surface area (Å²) in [5, 5.41) is 4.02. The molecule has 2 rings (SSSR count). The number of carbonyl (C=O) groups excluding carboxylic acids is 1. The van der Waals surface area contributed by atoms with Gasteiger partial charge in [0.1, 0.15) is 0 Å². The molecular weight excluding hydrogens is 354 g/mol. The molecular formula is C19H30ClN3O3. The van der Waals surface area contributed by atoms with E-state index in [1.807, 2.05) is 12.1 Å². The number of nitrogens with one attached hydrogen (secondary N) is 1. The molecule has 0 atom stereocenters. The summed E-state index contributed by atoms with van der Waals surface area (Å²) in [6, 6.07) is 4.22. The number of hydrogen-bond donors (Lipinski definition) is 2. The van der Waals surface area contributed by atoms with Crippen molar-refractivity contribution in [3.63, 3.8) is 0 Å². The predicted octanol–water partition coefficient (Wildman–Crippen LogP) is 2.42. The van der Waals surface area contributed by atoms with Crippen LogP contribution in [0.4, 0.5) is 0 Å². The largest absolute Gasteiger partial charge is 0.493 e. The average molecular weight is 384 g/mol. The Morgan fingerprint density at radius 1 is 1.38 bits per heavy atom. The Kier molecular flexibility index (Phi) is 8.00. The molecule has 1 heterocycles. The van der Waals surface area contributed by atoms with Gasteiger partial charge in [0.05, 0.1) is 12.1 Å². The third kappa shape index (κ3) is 6.34. The van der Waals surface area contributed by atoms with Crippen LogP contribution in [-0.4, -0.2) is 50.2 Å². The van der Waals surface area contributed by atoms with Gasteiger partial charge in [-0.2, -0.15) is 0 Å². The fourth-order valence-electron chi connectivity index (χ4n) is 3.26. The van der Waals surface area contributed by atoms with Crippen molar-refractivity contribution in [1.82, 2.24) is 10.2 Å². The molecule has 0 aliphatic carbocycles. The lowest BCUT2D eigenvalue weighted by molar-refractivity contribution is -0.119. The Bertz CT molecular complexity index is 602. The number of halogens is 1. The molecule has 1 aromatic rings. The number of methoxy groups -OCH3 is 1. The normalized spacial score (nSPS) is 16.0. The first-order valence-electron chi connectivity index (χ1n) is 9.12. The monoisotopic (exact) mass is 383 g/mol. The summed E-state index contributed by atoms with van der Waals surface area (Å²) < 4.78 is 10.7. The SMILES string of the molecule is COc1cc(CNC2CCN(CC(C)C)CC2)cc(Cl)c1OCC(N)=O. The smallest absolute Gasteiger partial charge is 0.255 e. The van der Waals surface area contributed by atoms with Crippen LogP contribution < -0.4 is 20.5 Å². The second-order valence-corrected chi connectivity index (χ2v) is 7.62. The van der Waals surface area contributed by atoms with E-state index in [0.717, 1.165) is 31.5 Å². The van der Waals surface area contributed by atoms with Crippen LogP contribution in [0, 0.1) is 5.92 Å². The first-order chi connectivity index (χ1) is 12.4. The zero-order chi connectivity index (χ0) is 19.1. The molecule has 0 aromatic heterocycles. The third-order valence-corrected chi connectivity index (χ3v) is 4.73. The van der Waals surface area contributed by atoms with E-state index in [4.69, 9.17) is 26.8 Å². The number of ether oxygens (including phenoxy) is 2. The van der Waals surface area contributed by atoms with Gasteiger partial charge in [-0.1, -0.05) is 25.4 Å². The van der Waals surface area contributed by atoms with Gasteiger partial charge >= 0.3 is 0 Å². The number of benzene rings is 1. The molecule has 1 aromatic carbocycles. The molecule has 1 aliphatic heterocycles. The molecule has 0 bridgehead atoms. The Hall–Kier alpha value is -1.50. The van der Waals surface area contributed by atoms with Crippen LogP contribution >= 0.6 is 11.6 Å². The zero-order valence-electron chi connectivity index (χ0n) is 15.9. The summed E-state index contributed by atoms with van der Waals surface area (Å²) >= 11 is 6.29. The van der Waals surface area contributed by atoms with Gasteiger partial charge in [-0.15, -0.1) is 0 Å². The van der Waals surface area contributed by atoms with Gasteiger partial charge in [-0.3, -0.25) is 4.79 Å². The Labute approximate surface area is 161 Å². The standard InChI is InChI=1S/C19H30ClN3O3/c1-13(2)11-23-6-4-15(5-7-23)22-10-14-8-16(20)19(17(9-14)25-3)26-12-18(21)24/h8-9,13,15,22H,4-7,10-12H2,1-3H3,(H2,21,24). The van der Waals surface area contributed by atoms with Crippen molar-refractivity contribution in [2.45, 2.75) is 39.3 Å². The molecule has 26 heavy (non-hydrogen) atoms. The molecule has 1 fully saturated rings. The van der Waals surface area contributed by atoms with Gasteiger partial charge in [0.15, 0.2) is 18.1 Å². The number of likely N-dealkylation sites (tertiary alicyclic amines) is 1. The van der Waals surface area contributed by atoms with Crippen LogP contribution in [0.1, 0.15) is 32.3 Å². The highest BCUT2D eigenvalue weighted by Gasteiger charge is 2.20. The highest BCUT2D eigenvalue weighted by Crippen LogP contribution is 2.36. The second-order valence-electron chi connectivity index (χ2n) is 7.21. The van der Waals surface area contributed by atoms with Crippen molar-refractivity contribution in [1.29, 1.82) is 0 Å². The fraction of sp³-hybridized carbons (Fsp3) is 0.632. The van der Waals surface area contributed by atoms with Gasteiger partial charge in [-0.05, 0) is 49.5 Å². The summed E-state index contributed by atoms with van der Waals surface area (Å²) in [5.41, 5.74) is 6.13. The minimum absolute atomic E-state index is 0.234. The molecule has 146 valence electrons.